The van der Waals surface area contributed by atoms with Crippen molar-refractivity contribution in [3.05, 3.63) is 22.2 Å². The molecule has 78 valence electrons. The lowest BCUT2D eigenvalue weighted by Gasteiger charge is -2.08. The first-order valence-electron chi connectivity index (χ1n) is 4.23. The van der Waals surface area contributed by atoms with E-state index in [0.717, 1.165) is 12.0 Å². The summed E-state index contributed by atoms with van der Waals surface area (Å²) in [7, 11) is 3.22. The average molecular weight is 261 g/mol. The molecule has 0 saturated carbocycles. The zero-order valence-corrected chi connectivity index (χ0v) is 9.80. The van der Waals surface area contributed by atoms with E-state index in [1.165, 1.54) is 0 Å². The highest BCUT2D eigenvalue weighted by Crippen LogP contribution is 2.32. The van der Waals surface area contributed by atoms with Gasteiger partial charge in [0.2, 0.25) is 0 Å². The predicted octanol–water partition coefficient (Wildman–Crippen LogP) is 2.35. The maximum atomic E-state index is 9.54. The summed E-state index contributed by atoms with van der Waals surface area (Å²) in [6.45, 7) is 0.616. The number of ether oxygens (including phenoxy) is 2. The fourth-order valence-corrected chi connectivity index (χ4v) is 1.58. The molecule has 0 saturated heterocycles. The zero-order valence-electron chi connectivity index (χ0n) is 8.21. The summed E-state index contributed by atoms with van der Waals surface area (Å²) < 4.78 is 10.7. The maximum absolute atomic E-state index is 9.54. The van der Waals surface area contributed by atoms with Crippen LogP contribution in [0.4, 0.5) is 0 Å². The topological polar surface area (TPSA) is 38.7 Å². The molecule has 0 atom stereocenters. The van der Waals surface area contributed by atoms with Gasteiger partial charge < -0.3 is 14.6 Å². The number of hydrogen-bond donors (Lipinski definition) is 1. The van der Waals surface area contributed by atoms with Gasteiger partial charge in [-0.15, -0.1) is 0 Å². The van der Waals surface area contributed by atoms with Gasteiger partial charge in [-0.25, -0.2) is 0 Å². The van der Waals surface area contributed by atoms with Crippen molar-refractivity contribution in [2.75, 3.05) is 20.8 Å². The summed E-state index contributed by atoms with van der Waals surface area (Å²) in [5, 5.41) is 9.54. The lowest BCUT2D eigenvalue weighted by Crippen LogP contribution is -1.96. The summed E-state index contributed by atoms with van der Waals surface area (Å²) in [5.74, 6) is 0.840. The summed E-state index contributed by atoms with van der Waals surface area (Å²) in [6, 6.07) is 3.45. The van der Waals surface area contributed by atoms with E-state index in [0.29, 0.717) is 16.8 Å². The molecule has 0 aliphatic heterocycles. The third-order valence-corrected chi connectivity index (χ3v) is 2.83. The first-order valence-corrected chi connectivity index (χ1v) is 5.02. The van der Waals surface area contributed by atoms with Crippen molar-refractivity contribution in [3.63, 3.8) is 0 Å². The van der Waals surface area contributed by atoms with Crippen molar-refractivity contribution in [1.29, 1.82) is 0 Å². The molecule has 0 spiro atoms. The lowest BCUT2D eigenvalue weighted by atomic mass is 10.1. The summed E-state index contributed by atoms with van der Waals surface area (Å²) in [6.07, 6.45) is 0.738. The number of phenolic OH excluding ortho intramolecular Hbond substituents is 1. The van der Waals surface area contributed by atoms with Crippen LogP contribution in [-0.4, -0.2) is 25.9 Å². The molecule has 1 aromatic rings. The highest BCUT2D eigenvalue weighted by atomic mass is 79.9. The van der Waals surface area contributed by atoms with Crippen LogP contribution < -0.4 is 4.74 Å². The standard InChI is InChI=1S/C10H13BrO3/c1-13-4-3-7-5-8(14-2)6-9(12)10(7)11/h5-6,12H,3-4H2,1-2H3. The van der Waals surface area contributed by atoms with Crippen LogP contribution >= 0.6 is 15.9 Å². The van der Waals surface area contributed by atoms with Crippen molar-refractivity contribution < 1.29 is 14.6 Å². The van der Waals surface area contributed by atoms with Gasteiger partial charge in [0.1, 0.15) is 11.5 Å². The zero-order chi connectivity index (χ0) is 10.6. The number of benzene rings is 1. The predicted molar refractivity (Wildman–Crippen MR) is 57.9 cm³/mol. The van der Waals surface area contributed by atoms with Crippen molar-refractivity contribution in [2.45, 2.75) is 6.42 Å². The fraction of sp³-hybridized carbons (Fsp3) is 0.400. The van der Waals surface area contributed by atoms with E-state index >= 15 is 0 Å². The van der Waals surface area contributed by atoms with Gasteiger partial charge in [-0.3, -0.25) is 0 Å². The van der Waals surface area contributed by atoms with Crippen LogP contribution in [0.5, 0.6) is 11.5 Å². The average Bonchev–Trinajstić information content (AvgIpc) is 2.20. The second-order valence-corrected chi connectivity index (χ2v) is 3.66. The summed E-state index contributed by atoms with van der Waals surface area (Å²) in [5.41, 5.74) is 0.976. The minimum absolute atomic E-state index is 0.190. The van der Waals surface area contributed by atoms with Gasteiger partial charge >= 0.3 is 0 Å². The molecule has 4 heteroatoms. The Bertz CT molecular complexity index is 312. The first-order chi connectivity index (χ1) is 6.69. The summed E-state index contributed by atoms with van der Waals surface area (Å²) in [4.78, 5) is 0. The third-order valence-electron chi connectivity index (χ3n) is 1.91. The Labute approximate surface area is 91.8 Å². The third kappa shape index (κ3) is 2.62. The quantitative estimate of drug-likeness (QED) is 0.904. The Morgan fingerprint density at radius 3 is 2.64 bits per heavy atom. The van der Waals surface area contributed by atoms with Gasteiger partial charge in [0, 0.05) is 13.2 Å². The van der Waals surface area contributed by atoms with Gasteiger partial charge in [-0.2, -0.15) is 0 Å². The van der Waals surface area contributed by atoms with Crippen LogP contribution in [0.1, 0.15) is 5.56 Å². The minimum atomic E-state index is 0.190. The van der Waals surface area contributed by atoms with Gasteiger partial charge in [0.05, 0.1) is 18.2 Å². The highest BCUT2D eigenvalue weighted by Gasteiger charge is 2.07. The SMILES string of the molecule is COCCc1cc(OC)cc(O)c1Br. The van der Waals surface area contributed by atoms with Gasteiger partial charge in [-0.05, 0) is 34.0 Å². The molecule has 0 bridgehead atoms. The van der Waals surface area contributed by atoms with E-state index in [9.17, 15) is 5.11 Å². The van der Waals surface area contributed by atoms with Crippen LogP contribution in [0, 0.1) is 0 Å². The lowest BCUT2D eigenvalue weighted by molar-refractivity contribution is 0.202. The highest BCUT2D eigenvalue weighted by molar-refractivity contribution is 9.10. The molecule has 1 rings (SSSR count). The summed E-state index contributed by atoms with van der Waals surface area (Å²) >= 11 is 3.31. The number of phenols is 1. The smallest absolute Gasteiger partial charge is 0.133 e. The molecule has 0 aliphatic rings. The van der Waals surface area contributed by atoms with E-state index in [4.69, 9.17) is 9.47 Å². The monoisotopic (exact) mass is 260 g/mol. The number of methoxy groups -OCH3 is 2. The van der Waals surface area contributed by atoms with E-state index in [-0.39, 0.29) is 5.75 Å². The van der Waals surface area contributed by atoms with Crippen molar-refractivity contribution in [2.24, 2.45) is 0 Å². The molecule has 0 radical (unpaired) electrons. The van der Waals surface area contributed by atoms with Crippen LogP contribution in [0.2, 0.25) is 0 Å². The van der Waals surface area contributed by atoms with Crippen molar-refractivity contribution >= 4 is 15.9 Å². The number of aromatic hydroxyl groups is 1. The Morgan fingerprint density at radius 2 is 2.07 bits per heavy atom. The van der Waals surface area contributed by atoms with E-state index in [1.807, 2.05) is 6.07 Å². The van der Waals surface area contributed by atoms with Crippen molar-refractivity contribution in [3.8, 4) is 11.5 Å². The molecule has 1 aromatic carbocycles. The minimum Gasteiger partial charge on any atom is -0.507 e. The van der Waals surface area contributed by atoms with E-state index in [1.54, 1.807) is 20.3 Å². The van der Waals surface area contributed by atoms with Crippen molar-refractivity contribution in [1.82, 2.24) is 0 Å². The molecule has 14 heavy (non-hydrogen) atoms. The molecule has 1 N–H and O–H groups in total. The Morgan fingerprint density at radius 1 is 1.36 bits per heavy atom. The molecule has 0 aliphatic carbocycles. The normalized spacial score (nSPS) is 10.2. The van der Waals surface area contributed by atoms with Gasteiger partial charge in [-0.1, -0.05) is 0 Å². The largest absolute Gasteiger partial charge is 0.507 e. The van der Waals surface area contributed by atoms with Crippen LogP contribution in [0.3, 0.4) is 0 Å². The van der Waals surface area contributed by atoms with E-state index in [2.05, 4.69) is 15.9 Å². The molecule has 0 fully saturated rings. The number of rotatable bonds is 4. The first kappa shape index (κ1) is 11.3. The maximum Gasteiger partial charge on any atom is 0.133 e. The Balaban J connectivity index is 2.95. The Kier molecular flexibility index (Phi) is 4.22. The van der Waals surface area contributed by atoms with Crippen LogP contribution in [-0.2, 0) is 11.2 Å². The second-order valence-electron chi connectivity index (χ2n) is 2.86. The molecular weight excluding hydrogens is 248 g/mol. The number of hydrogen-bond acceptors (Lipinski definition) is 3. The second kappa shape index (κ2) is 5.22. The van der Waals surface area contributed by atoms with Gasteiger partial charge in [0.25, 0.3) is 0 Å². The number of halogens is 1. The molecule has 0 unspecified atom stereocenters. The fourth-order valence-electron chi connectivity index (χ4n) is 1.15. The van der Waals surface area contributed by atoms with Crippen LogP contribution in [0.15, 0.2) is 16.6 Å². The molecule has 3 nitrogen and oxygen atoms in total. The molecular formula is C10H13BrO3. The van der Waals surface area contributed by atoms with Gasteiger partial charge in [0.15, 0.2) is 0 Å². The van der Waals surface area contributed by atoms with E-state index < -0.39 is 0 Å². The molecule has 0 heterocycles. The molecule has 0 aromatic heterocycles. The van der Waals surface area contributed by atoms with Crippen LogP contribution in [0.25, 0.3) is 0 Å². The Hall–Kier alpha value is -0.740. The molecule has 0 amide bonds.